The number of allylic oxidation sites excluding steroid dienone is 2. The van der Waals surface area contributed by atoms with Crippen LogP contribution in [0.1, 0.15) is 81.5 Å². The molecular weight excluding hydrogens is 491 g/mol. The van der Waals surface area contributed by atoms with Crippen molar-refractivity contribution in [3.8, 4) is 22.6 Å². The van der Waals surface area contributed by atoms with E-state index in [0.29, 0.717) is 17.9 Å². The molecular formula is C34H39FO4. The number of ether oxygens (including phenoxy) is 2. The Morgan fingerprint density at radius 2 is 1.77 bits per heavy atom. The molecule has 0 heterocycles. The van der Waals surface area contributed by atoms with Crippen molar-refractivity contribution in [2.45, 2.75) is 72.3 Å². The Hall–Kier alpha value is -3.60. The van der Waals surface area contributed by atoms with Crippen LogP contribution in [-0.4, -0.2) is 18.2 Å². The third-order valence-corrected chi connectivity index (χ3v) is 7.83. The van der Waals surface area contributed by atoms with E-state index in [4.69, 9.17) is 9.47 Å². The van der Waals surface area contributed by atoms with E-state index in [2.05, 4.69) is 32.1 Å². The molecule has 206 valence electrons. The van der Waals surface area contributed by atoms with Crippen LogP contribution in [0, 0.1) is 11.2 Å². The SMILES string of the molecule is CC.COc1ccc(F)c(-c2ccc(COc3ccc4c(c3)C(CC(=O)O)CC4)cc2C2=CCCC2(C)C)c1. The van der Waals surface area contributed by atoms with Crippen LogP contribution < -0.4 is 9.47 Å². The molecule has 5 heteroatoms. The van der Waals surface area contributed by atoms with Crippen LogP contribution in [0.5, 0.6) is 11.5 Å². The number of fused-ring (bicyclic) bond motifs is 1. The van der Waals surface area contributed by atoms with Gasteiger partial charge in [0, 0.05) is 5.56 Å². The molecule has 1 unspecified atom stereocenters. The zero-order valence-electron chi connectivity index (χ0n) is 23.6. The number of methoxy groups -OCH3 is 1. The minimum absolute atomic E-state index is 0.0112. The summed E-state index contributed by atoms with van der Waals surface area (Å²) in [7, 11) is 1.59. The predicted octanol–water partition coefficient (Wildman–Crippen LogP) is 8.81. The molecule has 0 bridgehead atoms. The van der Waals surface area contributed by atoms with Crippen LogP contribution in [0.25, 0.3) is 16.7 Å². The second-order valence-electron chi connectivity index (χ2n) is 10.7. The number of carbonyl (C=O) groups is 1. The monoisotopic (exact) mass is 530 g/mol. The lowest BCUT2D eigenvalue weighted by atomic mass is 9.79. The Bertz CT molecular complexity index is 1370. The van der Waals surface area contributed by atoms with Gasteiger partial charge in [-0.15, -0.1) is 0 Å². The molecule has 4 nitrogen and oxygen atoms in total. The summed E-state index contributed by atoms with van der Waals surface area (Å²) in [6.45, 7) is 8.83. The van der Waals surface area contributed by atoms with Crippen molar-refractivity contribution < 1.29 is 23.8 Å². The Balaban J connectivity index is 0.00000172. The number of halogens is 1. The standard InChI is InChI=1S/C32H33FO4.C2H6/c1-32(2)14-4-5-29(32)27-15-20(6-12-25(27)28-17-23(36-3)11-13-30(28)33)19-37-24-10-9-21-7-8-22(16-31(34)35)26(21)18-24;1-2/h5-6,9-13,15,17-18,22H,4,7-8,14,16,19H2,1-3H3,(H,34,35);1-2H3. The topological polar surface area (TPSA) is 55.8 Å². The molecule has 39 heavy (non-hydrogen) atoms. The van der Waals surface area contributed by atoms with E-state index in [1.54, 1.807) is 19.2 Å². The van der Waals surface area contributed by atoms with Gasteiger partial charge in [-0.2, -0.15) is 0 Å². The summed E-state index contributed by atoms with van der Waals surface area (Å²) < 4.78 is 26.6. The third-order valence-electron chi connectivity index (χ3n) is 7.83. The van der Waals surface area contributed by atoms with Crippen molar-refractivity contribution in [1.82, 2.24) is 0 Å². The molecule has 3 aromatic rings. The average molecular weight is 531 g/mol. The van der Waals surface area contributed by atoms with Gasteiger partial charge in [0.15, 0.2) is 0 Å². The summed E-state index contributed by atoms with van der Waals surface area (Å²) in [5.41, 5.74) is 6.88. The van der Waals surface area contributed by atoms with Crippen LogP contribution in [0.4, 0.5) is 4.39 Å². The molecule has 0 fully saturated rings. The molecule has 0 radical (unpaired) electrons. The van der Waals surface area contributed by atoms with Crippen molar-refractivity contribution in [3.63, 3.8) is 0 Å². The van der Waals surface area contributed by atoms with Gasteiger partial charge in [0.25, 0.3) is 0 Å². The van der Waals surface area contributed by atoms with Gasteiger partial charge >= 0.3 is 5.97 Å². The highest BCUT2D eigenvalue weighted by atomic mass is 19.1. The first-order valence-electron chi connectivity index (χ1n) is 13.9. The Labute approximate surface area is 231 Å². The Kier molecular flexibility index (Phi) is 8.79. The van der Waals surface area contributed by atoms with E-state index in [9.17, 15) is 9.90 Å². The Morgan fingerprint density at radius 1 is 1.00 bits per heavy atom. The quantitative estimate of drug-likeness (QED) is 0.316. The lowest BCUT2D eigenvalue weighted by Crippen LogP contribution is -2.10. The molecule has 0 saturated heterocycles. The molecule has 0 saturated carbocycles. The number of hydrogen-bond acceptors (Lipinski definition) is 3. The maximum absolute atomic E-state index is 15.0. The largest absolute Gasteiger partial charge is 0.497 e. The molecule has 0 aliphatic heterocycles. The minimum Gasteiger partial charge on any atom is -0.497 e. The van der Waals surface area contributed by atoms with Crippen LogP contribution in [-0.2, 0) is 17.8 Å². The lowest BCUT2D eigenvalue weighted by Gasteiger charge is -2.25. The molecule has 1 N–H and O–H groups in total. The highest BCUT2D eigenvalue weighted by molar-refractivity contribution is 5.85. The number of aryl methyl sites for hydroxylation is 1. The van der Waals surface area contributed by atoms with E-state index in [-0.39, 0.29) is 23.6 Å². The van der Waals surface area contributed by atoms with Gasteiger partial charge in [-0.1, -0.05) is 52.0 Å². The van der Waals surface area contributed by atoms with Crippen molar-refractivity contribution in [2.75, 3.05) is 7.11 Å². The van der Waals surface area contributed by atoms with Crippen molar-refractivity contribution in [2.24, 2.45) is 5.41 Å². The summed E-state index contributed by atoms with van der Waals surface area (Å²) in [4.78, 5) is 11.3. The molecule has 2 aliphatic carbocycles. The number of rotatable bonds is 8. The van der Waals surface area contributed by atoms with Gasteiger partial charge in [-0.05, 0) is 107 Å². The Morgan fingerprint density at radius 3 is 2.46 bits per heavy atom. The van der Waals surface area contributed by atoms with Gasteiger partial charge in [-0.3, -0.25) is 4.79 Å². The molecule has 3 aromatic carbocycles. The van der Waals surface area contributed by atoms with Gasteiger partial charge < -0.3 is 14.6 Å². The fourth-order valence-corrected chi connectivity index (χ4v) is 5.78. The highest BCUT2D eigenvalue weighted by Gasteiger charge is 2.30. The highest BCUT2D eigenvalue weighted by Crippen LogP contribution is 2.47. The first-order valence-corrected chi connectivity index (χ1v) is 13.9. The second-order valence-corrected chi connectivity index (χ2v) is 10.7. The number of carboxylic acid groups (broad SMARTS) is 1. The van der Waals surface area contributed by atoms with Gasteiger partial charge in [-0.25, -0.2) is 4.39 Å². The first-order chi connectivity index (χ1) is 18.7. The summed E-state index contributed by atoms with van der Waals surface area (Å²) in [6.07, 6.45) is 6.23. The second kappa shape index (κ2) is 12.1. The van der Waals surface area contributed by atoms with Crippen LogP contribution >= 0.6 is 0 Å². The maximum Gasteiger partial charge on any atom is 0.303 e. The number of carboxylic acids is 1. The van der Waals surface area contributed by atoms with Gasteiger partial charge in [0.1, 0.15) is 23.9 Å². The fourth-order valence-electron chi connectivity index (χ4n) is 5.78. The van der Waals surface area contributed by atoms with Crippen LogP contribution in [0.3, 0.4) is 0 Å². The van der Waals surface area contributed by atoms with Gasteiger partial charge in [0.05, 0.1) is 13.5 Å². The van der Waals surface area contributed by atoms with Crippen molar-refractivity contribution in [1.29, 1.82) is 0 Å². The van der Waals surface area contributed by atoms with E-state index in [0.717, 1.165) is 53.7 Å². The molecule has 0 spiro atoms. The van der Waals surface area contributed by atoms with E-state index >= 15 is 4.39 Å². The fraction of sp³-hybridized carbons (Fsp3) is 0.382. The van der Waals surface area contributed by atoms with E-state index in [1.807, 2.05) is 38.1 Å². The summed E-state index contributed by atoms with van der Waals surface area (Å²) in [5.74, 6) is 0.342. The smallest absolute Gasteiger partial charge is 0.303 e. The third kappa shape index (κ3) is 6.19. The summed E-state index contributed by atoms with van der Waals surface area (Å²) in [5, 5.41) is 9.26. The summed E-state index contributed by atoms with van der Waals surface area (Å²) in [6, 6.07) is 16.9. The first kappa shape index (κ1) is 28.4. The molecule has 0 amide bonds. The average Bonchev–Trinajstić information content (AvgIpc) is 3.50. The minimum atomic E-state index is -0.770. The summed E-state index contributed by atoms with van der Waals surface area (Å²) >= 11 is 0. The van der Waals surface area contributed by atoms with Crippen LogP contribution in [0.15, 0.2) is 60.7 Å². The molecule has 1 atom stereocenters. The normalized spacial score (nSPS) is 17.1. The lowest BCUT2D eigenvalue weighted by molar-refractivity contribution is -0.137. The molecule has 2 aliphatic rings. The molecule has 5 rings (SSSR count). The van der Waals surface area contributed by atoms with E-state index in [1.165, 1.54) is 17.2 Å². The molecule has 0 aromatic heterocycles. The van der Waals surface area contributed by atoms with E-state index < -0.39 is 5.97 Å². The maximum atomic E-state index is 15.0. The predicted molar refractivity (Wildman–Crippen MR) is 155 cm³/mol. The zero-order chi connectivity index (χ0) is 28.2. The van der Waals surface area contributed by atoms with Gasteiger partial charge in [0.2, 0.25) is 0 Å². The number of hydrogen-bond donors (Lipinski definition) is 1. The van der Waals surface area contributed by atoms with Crippen LogP contribution in [0.2, 0.25) is 0 Å². The van der Waals surface area contributed by atoms with Crippen molar-refractivity contribution >= 4 is 11.5 Å². The number of aliphatic carboxylic acids is 1. The number of benzene rings is 3. The van der Waals surface area contributed by atoms with Crippen molar-refractivity contribution in [3.05, 3.63) is 88.7 Å². The zero-order valence-corrected chi connectivity index (χ0v) is 23.6.